The highest BCUT2D eigenvalue weighted by molar-refractivity contribution is 5.90. The maximum atomic E-state index is 13.0. The largest absolute Gasteiger partial charge is 0.326 e. The van der Waals surface area contributed by atoms with Crippen molar-refractivity contribution in [1.82, 2.24) is 10.2 Å². The normalized spacial score (nSPS) is 19.2. The molecular formula is C14H21ClFN3O. The molecule has 2 N–H and O–H groups in total. The zero-order valence-corrected chi connectivity index (χ0v) is 12.4. The predicted octanol–water partition coefficient (Wildman–Crippen LogP) is 1.87. The minimum absolute atomic E-state index is 0. The van der Waals surface area contributed by atoms with Crippen molar-refractivity contribution in [3.8, 4) is 0 Å². The first-order valence-corrected chi connectivity index (χ1v) is 6.64. The number of carbonyl (C=O) groups is 1. The highest BCUT2D eigenvalue weighted by Gasteiger charge is 2.16. The first kappa shape index (κ1) is 16.9. The van der Waals surface area contributed by atoms with Crippen LogP contribution in [-0.4, -0.2) is 43.0 Å². The van der Waals surface area contributed by atoms with Crippen molar-refractivity contribution in [2.45, 2.75) is 19.4 Å². The standard InChI is InChI=1S/C14H20FN3O.ClH/c1-11-10-18(8-6-16-11)7-5-14(19)17-13-4-2-3-12(15)9-13;/h2-4,9,11,16H,5-8,10H2,1H3,(H,17,19);1H. The highest BCUT2D eigenvalue weighted by atomic mass is 35.5. The Hall–Kier alpha value is -1.17. The Kier molecular flexibility index (Phi) is 6.91. The Morgan fingerprint density at radius 2 is 2.35 bits per heavy atom. The van der Waals surface area contributed by atoms with Crippen molar-refractivity contribution >= 4 is 24.0 Å². The van der Waals surface area contributed by atoms with Gasteiger partial charge in [-0.25, -0.2) is 4.39 Å². The fraction of sp³-hybridized carbons (Fsp3) is 0.500. The summed E-state index contributed by atoms with van der Waals surface area (Å²) in [6.07, 6.45) is 0.434. The van der Waals surface area contributed by atoms with Gasteiger partial charge >= 0.3 is 0 Å². The number of halogens is 2. The molecule has 1 aromatic rings. The first-order valence-electron chi connectivity index (χ1n) is 6.64. The molecular weight excluding hydrogens is 281 g/mol. The zero-order chi connectivity index (χ0) is 13.7. The minimum atomic E-state index is -0.339. The summed E-state index contributed by atoms with van der Waals surface area (Å²) in [6, 6.07) is 6.43. The Bertz CT molecular complexity index is 444. The van der Waals surface area contributed by atoms with Gasteiger partial charge in [0.25, 0.3) is 0 Å². The molecule has 1 unspecified atom stereocenters. The number of benzene rings is 1. The van der Waals surface area contributed by atoms with Gasteiger partial charge in [-0.05, 0) is 25.1 Å². The predicted molar refractivity (Wildman–Crippen MR) is 80.8 cm³/mol. The fourth-order valence-corrected chi connectivity index (χ4v) is 2.26. The molecule has 112 valence electrons. The van der Waals surface area contributed by atoms with Crippen molar-refractivity contribution in [2.75, 3.05) is 31.5 Å². The number of anilines is 1. The van der Waals surface area contributed by atoms with Gasteiger partial charge in [0, 0.05) is 44.3 Å². The molecule has 20 heavy (non-hydrogen) atoms. The first-order chi connectivity index (χ1) is 9.13. The van der Waals surface area contributed by atoms with Gasteiger partial charge in [-0.1, -0.05) is 6.07 Å². The molecule has 1 aliphatic rings. The average Bonchev–Trinajstić information content (AvgIpc) is 2.36. The SMILES string of the molecule is CC1CN(CCC(=O)Nc2cccc(F)c2)CCN1.Cl. The van der Waals surface area contributed by atoms with E-state index < -0.39 is 0 Å². The summed E-state index contributed by atoms with van der Waals surface area (Å²) in [4.78, 5) is 14.0. The van der Waals surface area contributed by atoms with E-state index in [1.165, 1.54) is 12.1 Å². The molecule has 0 aromatic heterocycles. The maximum Gasteiger partial charge on any atom is 0.225 e. The molecule has 0 spiro atoms. The molecule has 1 aliphatic heterocycles. The molecule has 2 rings (SSSR count). The third kappa shape index (κ3) is 5.45. The van der Waals surface area contributed by atoms with E-state index in [0.29, 0.717) is 18.2 Å². The molecule has 1 fully saturated rings. The lowest BCUT2D eigenvalue weighted by molar-refractivity contribution is -0.116. The third-order valence-electron chi connectivity index (χ3n) is 3.22. The van der Waals surface area contributed by atoms with Crippen LogP contribution in [0.4, 0.5) is 10.1 Å². The van der Waals surface area contributed by atoms with E-state index >= 15 is 0 Å². The second-order valence-corrected chi connectivity index (χ2v) is 4.96. The molecule has 0 radical (unpaired) electrons. The number of hydrogen-bond acceptors (Lipinski definition) is 3. The molecule has 0 saturated carbocycles. The Balaban J connectivity index is 0.00000200. The summed E-state index contributed by atoms with van der Waals surface area (Å²) in [5, 5.41) is 6.07. The summed E-state index contributed by atoms with van der Waals surface area (Å²) in [7, 11) is 0. The number of hydrogen-bond donors (Lipinski definition) is 2. The van der Waals surface area contributed by atoms with Gasteiger partial charge in [0.15, 0.2) is 0 Å². The summed E-state index contributed by atoms with van der Waals surface area (Å²) >= 11 is 0. The number of piperazine rings is 1. The number of amides is 1. The van der Waals surface area contributed by atoms with Gasteiger partial charge in [-0.3, -0.25) is 4.79 Å². The molecule has 1 amide bonds. The van der Waals surface area contributed by atoms with Gasteiger partial charge in [0.05, 0.1) is 0 Å². The Labute approximate surface area is 125 Å². The van der Waals surface area contributed by atoms with Crippen molar-refractivity contribution in [3.63, 3.8) is 0 Å². The molecule has 0 aliphatic carbocycles. The lowest BCUT2D eigenvalue weighted by atomic mass is 10.2. The van der Waals surface area contributed by atoms with Crippen LogP contribution in [0.25, 0.3) is 0 Å². The molecule has 4 nitrogen and oxygen atoms in total. The maximum absolute atomic E-state index is 13.0. The van der Waals surface area contributed by atoms with Crippen LogP contribution in [0.1, 0.15) is 13.3 Å². The second-order valence-electron chi connectivity index (χ2n) is 4.96. The van der Waals surface area contributed by atoms with Gasteiger partial charge in [-0.2, -0.15) is 0 Å². The lowest BCUT2D eigenvalue weighted by Crippen LogP contribution is -2.49. The molecule has 0 bridgehead atoms. The van der Waals surface area contributed by atoms with Crippen LogP contribution in [0.2, 0.25) is 0 Å². The summed E-state index contributed by atoms with van der Waals surface area (Å²) in [5.41, 5.74) is 0.513. The summed E-state index contributed by atoms with van der Waals surface area (Å²) in [5.74, 6) is -0.412. The van der Waals surface area contributed by atoms with Crippen LogP contribution in [0, 0.1) is 5.82 Å². The van der Waals surface area contributed by atoms with Crippen LogP contribution < -0.4 is 10.6 Å². The second kappa shape index (κ2) is 8.19. The van der Waals surface area contributed by atoms with Gasteiger partial charge in [-0.15, -0.1) is 12.4 Å². The lowest BCUT2D eigenvalue weighted by Gasteiger charge is -2.31. The van der Waals surface area contributed by atoms with Crippen molar-refractivity contribution in [1.29, 1.82) is 0 Å². The van der Waals surface area contributed by atoms with E-state index in [1.54, 1.807) is 12.1 Å². The van der Waals surface area contributed by atoms with Crippen LogP contribution in [0.3, 0.4) is 0 Å². The molecule has 1 heterocycles. The van der Waals surface area contributed by atoms with E-state index in [-0.39, 0.29) is 24.1 Å². The van der Waals surface area contributed by atoms with E-state index in [4.69, 9.17) is 0 Å². The zero-order valence-electron chi connectivity index (χ0n) is 11.6. The Morgan fingerprint density at radius 1 is 1.55 bits per heavy atom. The van der Waals surface area contributed by atoms with Crippen LogP contribution in [0.5, 0.6) is 0 Å². The van der Waals surface area contributed by atoms with E-state index in [9.17, 15) is 9.18 Å². The Morgan fingerprint density at radius 3 is 3.05 bits per heavy atom. The quantitative estimate of drug-likeness (QED) is 0.892. The fourth-order valence-electron chi connectivity index (χ4n) is 2.26. The van der Waals surface area contributed by atoms with Crippen molar-refractivity contribution in [2.24, 2.45) is 0 Å². The molecule has 6 heteroatoms. The van der Waals surface area contributed by atoms with Crippen molar-refractivity contribution < 1.29 is 9.18 Å². The summed E-state index contributed by atoms with van der Waals surface area (Å²) in [6.45, 7) is 5.78. The number of rotatable bonds is 4. The van der Waals surface area contributed by atoms with E-state index in [0.717, 1.165) is 26.2 Å². The highest BCUT2D eigenvalue weighted by Crippen LogP contribution is 2.09. The monoisotopic (exact) mass is 301 g/mol. The van der Waals surface area contributed by atoms with Crippen molar-refractivity contribution in [3.05, 3.63) is 30.1 Å². The van der Waals surface area contributed by atoms with Crippen LogP contribution in [-0.2, 0) is 4.79 Å². The van der Waals surface area contributed by atoms with E-state index in [2.05, 4.69) is 22.5 Å². The smallest absolute Gasteiger partial charge is 0.225 e. The summed E-state index contributed by atoms with van der Waals surface area (Å²) < 4.78 is 13.0. The van der Waals surface area contributed by atoms with Crippen LogP contribution >= 0.6 is 12.4 Å². The van der Waals surface area contributed by atoms with Gasteiger partial charge in [0.1, 0.15) is 5.82 Å². The van der Waals surface area contributed by atoms with Crippen LogP contribution in [0.15, 0.2) is 24.3 Å². The number of nitrogens with one attached hydrogen (secondary N) is 2. The molecule has 1 saturated heterocycles. The topological polar surface area (TPSA) is 44.4 Å². The molecule has 1 atom stereocenters. The van der Waals surface area contributed by atoms with Gasteiger partial charge in [0.2, 0.25) is 5.91 Å². The third-order valence-corrected chi connectivity index (χ3v) is 3.22. The average molecular weight is 302 g/mol. The number of nitrogens with zero attached hydrogens (tertiary/aromatic N) is 1. The minimum Gasteiger partial charge on any atom is -0.326 e. The molecule has 1 aromatic carbocycles. The number of carbonyl (C=O) groups excluding carboxylic acids is 1. The van der Waals surface area contributed by atoms with E-state index in [1.807, 2.05) is 0 Å². The van der Waals surface area contributed by atoms with Gasteiger partial charge < -0.3 is 15.5 Å².